The molecule has 5 nitrogen and oxygen atoms in total. The molecule has 0 spiro atoms. The molecular formula is C21H26FN3O2. The number of hydrogen-bond acceptors (Lipinski definition) is 5. The largest absolute Gasteiger partial charge is 0.493 e. The van der Waals surface area contributed by atoms with Crippen LogP contribution < -0.4 is 15.2 Å². The first-order chi connectivity index (χ1) is 13.1. The highest BCUT2D eigenvalue weighted by molar-refractivity contribution is 5.49. The zero-order valence-electron chi connectivity index (χ0n) is 15.8. The number of benzene rings is 1. The molecule has 3 heterocycles. The van der Waals surface area contributed by atoms with E-state index in [4.69, 9.17) is 15.2 Å². The number of halogens is 1. The SMILES string of the molecule is COc1cc2c(cc1OC)C1CC(N)C(c3cc(CF)ccn3)CN1CC2. The molecule has 0 bridgehead atoms. The summed E-state index contributed by atoms with van der Waals surface area (Å²) in [5, 5.41) is 0. The van der Waals surface area contributed by atoms with E-state index in [0.717, 1.165) is 43.1 Å². The molecule has 3 atom stereocenters. The molecular weight excluding hydrogens is 345 g/mol. The number of fused-ring (bicyclic) bond motifs is 3. The van der Waals surface area contributed by atoms with E-state index in [0.29, 0.717) is 5.56 Å². The molecule has 2 aromatic rings. The Balaban J connectivity index is 1.63. The topological polar surface area (TPSA) is 60.6 Å². The van der Waals surface area contributed by atoms with Crippen molar-refractivity contribution in [3.8, 4) is 11.5 Å². The standard InChI is InChI=1S/C21H26FN3O2/c1-26-20-8-14-4-6-25-12-16(18-7-13(11-22)3-5-24-18)17(23)10-19(25)15(14)9-21(20)27-2/h3,5,7-9,16-17,19H,4,6,10-12,23H2,1-2H3. The normalized spacial score (nSPS) is 24.8. The fourth-order valence-corrected chi connectivity index (χ4v) is 4.48. The summed E-state index contributed by atoms with van der Waals surface area (Å²) in [5.74, 6) is 1.65. The molecule has 0 radical (unpaired) electrons. The summed E-state index contributed by atoms with van der Waals surface area (Å²) in [6.07, 6.45) is 3.49. The van der Waals surface area contributed by atoms with E-state index in [1.54, 1.807) is 26.5 Å². The number of ether oxygens (including phenoxy) is 2. The number of piperidine rings is 1. The van der Waals surface area contributed by atoms with Crippen LogP contribution in [0.1, 0.15) is 40.8 Å². The molecule has 27 heavy (non-hydrogen) atoms. The number of methoxy groups -OCH3 is 2. The average Bonchev–Trinajstić information content (AvgIpc) is 2.72. The first-order valence-corrected chi connectivity index (χ1v) is 9.39. The van der Waals surface area contributed by atoms with Crippen LogP contribution in [0.15, 0.2) is 30.5 Å². The second-order valence-corrected chi connectivity index (χ2v) is 7.40. The molecule has 1 fully saturated rings. The fraction of sp³-hybridized carbons (Fsp3) is 0.476. The molecule has 2 N–H and O–H groups in total. The van der Waals surface area contributed by atoms with E-state index in [1.807, 2.05) is 6.07 Å². The number of nitrogens with zero attached hydrogens (tertiary/aromatic N) is 2. The number of hydrogen-bond donors (Lipinski definition) is 1. The molecule has 1 aromatic carbocycles. The second kappa shape index (κ2) is 7.44. The van der Waals surface area contributed by atoms with Gasteiger partial charge in [0, 0.05) is 43.0 Å². The van der Waals surface area contributed by atoms with Crippen LogP contribution in [-0.2, 0) is 13.1 Å². The lowest BCUT2D eigenvalue weighted by Gasteiger charge is -2.46. The monoisotopic (exact) mass is 371 g/mol. The van der Waals surface area contributed by atoms with Crippen molar-refractivity contribution in [2.45, 2.75) is 37.5 Å². The quantitative estimate of drug-likeness (QED) is 0.895. The van der Waals surface area contributed by atoms with Gasteiger partial charge < -0.3 is 15.2 Å². The van der Waals surface area contributed by atoms with Crippen molar-refractivity contribution >= 4 is 0 Å². The Hall–Kier alpha value is -2.18. The van der Waals surface area contributed by atoms with Gasteiger partial charge in [-0.05, 0) is 53.8 Å². The molecule has 2 aliphatic heterocycles. The van der Waals surface area contributed by atoms with Crippen LogP contribution in [-0.4, -0.2) is 43.2 Å². The second-order valence-electron chi connectivity index (χ2n) is 7.40. The van der Waals surface area contributed by atoms with Crippen molar-refractivity contribution in [2.75, 3.05) is 27.3 Å². The van der Waals surface area contributed by atoms with E-state index in [1.165, 1.54) is 11.1 Å². The molecule has 4 rings (SSSR count). The molecule has 1 aromatic heterocycles. The Labute approximate surface area is 159 Å². The zero-order chi connectivity index (χ0) is 19.0. The minimum Gasteiger partial charge on any atom is -0.493 e. The summed E-state index contributed by atoms with van der Waals surface area (Å²) >= 11 is 0. The Morgan fingerprint density at radius 1 is 1.22 bits per heavy atom. The Bertz CT molecular complexity index is 829. The van der Waals surface area contributed by atoms with Crippen LogP contribution >= 0.6 is 0 Å². The number of alkyl halides is 1. The van der Waals surface area contributed by atoms with Gasteiger partial charge in [0.25, 0.3) is 0 Å². The summed E-state index contributed by atoms with van der Waals surface area (Å²) in [7, 11) is 3.33. The molecule has 3 unspecified atom stereocenters. The minimum absolute atomic E-state index is 0.0207. The van der Waals surface area contributed by atoms with Gasteiger partial charge in [-0.15, -0.1) is 0 Å². The maximum Gasteiger partial charge on any atom is 0.161 e. The molecule has 0 aliphatic carbocycles. The van der Waals surface area contributed by atoms with Gasteiger partial charge >= 0.3 is 0 Å². The van der Waals surface area contributed by atoms with Gasteiger partial charge in [0.1, 0.15) is 6.67 Å². The van der Waals surface area contributed by atoms with E-state index >= 15 is 0 Å². The highest BCUT2D eigenvalue weighted by atomic mass is 19.1. The van der Waals surface area contributed by atoms with Gasteiger partial charge in [-0.3, -0.25) is 9.88 Å². The van der Waals surface area contributed by atoms with E-state index in [9.17, 15) is 4.39 Å². The highest BCUT2D eigenvalue weighted by Crippen LogP contribution is 2.43. The molecule has 6 heteroatoms. The Morgan fingerprint density at radius 2 is 2.00 bits per heavy atom. The van der Waals surface area contributed by atoms with Crippen LogP contribution in [0.3, 0.4) is 0 Å². The molecule has 144 valence electrons. The van der Waals surface area contributed by atoms with E-state index < -0.39 is 6.67 Å². The van der Waals surface area contributed by atoms with E-state index in [2.05, 4.69) is 22.0 Å². The summed E-state index contributed by atoms with van der Waals surface area (Å²) in [4.78, 5) is 6.96. The molecule has 0 saturated carbocycles. The smallest absolute Gasteiger partial charge is 0.161 e. The fourth-order valence-electron chi connectivity index (χ4n) is 4.48. The van der Waals surface area contributed by atoms with Crippen LogP contribution in [0, 0.1) is 0 Å². The van der Waals surface area contributed by atoms with Crippen molar-refractivity contribution in [2.24, 2.45) is 5.73 Å². The van der Waals surface area contributed by atoms with Crippen molar-refractivity contribution in [1.29, 1.82) is 0 Å². The van der Waals surface area contributed by atoms with Crippen molar-refractivity contribution in [3.05, 3.63) is 52.8 Å². The number of rotatable bonds is 4. The number of nitrogens with two attached hydrogens (primary N) is 1. The van der Waals surface area contributed by atoms with Gasteiger partial charge in [0.15, 0.2) is 11.5 Å². The van der Waals surface area contributed by atoms with Gasteiger partial charge in [0.05, 0.1) is 14.2 Å². The van der Waals surface area contributed by atoms with Gasteiger partial charge in [0.2, 0.25) is 0 Å². The lowest BCUT2D eigenvalue weighted by Crippen LogP contribution is -2.50. The Morgan fingerprint density at radius 3 is 2.74 bits per heavy atom. The third-order valence-corrected chi connectivity index (χ3v) is 5.94. The highest BCUT2D eigenvalue weighted by Gasteiger charge is 2.39. The molecule has 1 saturated heterocycles. The lowest BCUT2D eigenvalue weighted by molar-refractivity contribution is 0.108. The third-order valence-electron chi connectivity index (χ3n) is 5.94. The van der Waals surface area contributed by atoms with E-state index in [-0.39, 0.29) is 18.0 Å². The predicted molar refractivity (Wildman–Crippen MR) is 102 cm³/mol. The third kappa shape index (κ3) is 3.28. The van der Waals surface area contributed by atoms with Crippen molar-refractivity contribution < 1.29 is 13.9 Å². The van der Waals surface area contributed by atoms with Crippen LogP contribution in [0.25, 0.3) is 0 Å². The summed E-state index contributed by atoms with van der Waals surface area (Å²) < 4.78 is 24.0. The summed E-state index contributed by atoms with van der Waals surface area (Å²) in [5.41, 5.74) is 10.7. The van der Waals surface area contributed by atoms with Crippen molar-refractivity contribution in [3.63, 3.8) is 0 Å². The minimum atomic E-state index is -0.473. The predicted octanol–water partition coefficient (Wildman–Crippen LogP) is 2.98. The van der Waals surface area contributed by atoms with Gasteiger partial charge in [-0.2, -0.15) is 0 Å². The van der Waals surface area contributed by atoms with Crippen molar-refractivity contribution in [1.82, 2.24) is 9.88 Å². The number of aromatic nitrogens is 1. The Kier molecular flexibility index (Phi) is 5.02. The molecule has 2 aliphatic rings. The summed E-state index contributed by atoms with van der Waals surface area (Å²) in [6, 6.07) is 8.01. The number of pyridine rings is 1. The maximum absolute atomic E-state index is 13.0. The van der Waals surface area contributed by atoms with Crippen LogP contribution in [0.4, 0.5) is 4.39 Å². The van der Waals surface area contributed by atoms with Crippen LogP contribution in [0.5, 0.6) is 11.5 Å². The first kappa shape index (κ1) is 18.2. The summed E-state index contributed by atoms with van der Waals surface area (Å²) in [6.45, 7) is 1.33. The molecule has 0 amide bonds. The lowest BCUT2D eigenvalue weighted by atomic mass is 9.79. The zero-order valence-corrected chi connectivity index (χ0v) is 15.8. The van der Waals surface area contributed by atoms with Gasteiger partial charge in [-0.1, -0.05) is 0 Å². The first-order valence-electron chi connectivity index (χ1n) is 9.39. The van der Waals surface area contributed by atoms with Crippen LogP contribution in [0.2, 0.25) is 0 Å². The average molecular weight is 371 g/mol. The van der Waals surface area contributed by atoms with Gasteiger partial charge in [-0.25, -0.2) is 4.39 Å². The maximum atomic E-state index is 13.0.